The van der Waals surface area contributed by atoms with Crippen LogP contribution in [0.4, 0.5) is 0 Å². The van der Waals surface area contributed by atoms with E-state index in [9.17, 15) is 9.59 Å². The van der Waals surface area contributed by atoms with E-state index in [2.05, 4.69) is 5.32 Å². The molecule has 1 aliphatic carbocycles. The molecule has 1 amide bonds. The molecule has 1 atom stereocenters. The molecule has 1 fully saturated rings. The molecule has 5 nitrogen and oxygen atoms in total. The van der Waals surface area contributed by atoms with Crippen molar-refractivity contribution in [2.24, 2.45) is 5.92 Å². The number of amides is 1. The number of ether oxygens (including phenoxy) is 1. The Hall–Kier alpha value is -1.10. The minimum atomic E-state index is -0.986. The Morgan fingerprint density at radius 2 is 2.20 bits per heavy atom. The highest BCUT2D eigenvalue weighted by atomic mass is 16.5. The number of carbonyl (C=O) groups is 2. The van der Waals surface area contributed by atoms with E-state index in [0.717, 1.165) is 19.3 Å². The van der Waals surface area contributed by atoms with Crippen LogP contribution >= 0.6 is 0 Å². The number of aliphatic carboxylic acids is 1. The van der Waals surface area contributed by atoms with Gasteiger partial charge in [0.25, 0.3) is 0 Å². The van der Waals surface area contributed by atoms with Gasteiger partial charge in [0, 0.05) is 12.5 Å². The van der Waals surface area contributed by atoms with E-state index in [1.165, 1.54) is 6.92 Å². The maximum absolute atomic E-state index is 11.3. The average molecular weight is 215 g/mol. The van der Waals surface area contributed by atoms with E-state index in [-0.39, 0.29) is 18.4 Å². The van der Waals surface area contributed by atoms with Gasteiger partial charge >= 0.3 is 5.97 Å². The van der Waals surface area contributed by atoms with E-state index >= 15 is 0 Å². The third kappa shape index (κ3) is 3.87. The molecule has 0 saturated heterocycles. The summed E-state index contributed by atoms with van der Waals surface area (Å²) < 4.78 is 4.97. The van der Waals surface area contributed by atoms with Crippen molar-refractivity contribution >= 4 is 11.9 Å². The lowest BCUT2D eigenvalue weighted by molar-refractivity contribution is -0.149. The summed E-state index contributed by atoms with van der Waals surface area (Å²) in [6, 6.07) is 0. The Balaban J connectivity index is 2.01. The van der Waals surface area contributed by atoms with E-state index in [1.54, 1.807) is 0 Å². The van der Waals surface area contributed by atoms with Crippen LogP contribution in [0.15, 0.2) is 0 Å². The first kappa shape index (κ1) is 12.0. The van der Waals surface area contributed by atoms with E-state index in [4.69, 9.17) is 9.84 Å². The second kappa shape index (κ2) is 5.70. The Labute approximate surface area is 88.8 Å². The second-order valence-electron chi connectivity index (χ2n) is 3.77. The average Bonchev–Trinajstić information content (AvgIpc) is 2.08. The Morgan fingerprint density at radius 1 is 1.53 bits per heavy atom. The molecule has 15 heavy (non-hydrogen) atoms. The van der Waals surface area contributed by atoms with Crippen LogP contribution in [0.2, 0.25) is 0 Å². The summed E-state index contributed by atoms with van der Waals surface area (Å²) in [5, 5.41) is 11.2. The molecule has 0 aromatic carbocycles. The summed E-state index contributed by atoms with van der Waals surface area (Å²) in [6.07, 6.45) is 2.26. The summed E-state index contributed by atoms with van der Waals surface area (Å²) in [6.45, 7) is 2.09. The molecule has 0 bridgehead atoms. The van der Waals surface area contributed by atoms with Crippen LogP contribution in [-0.2, 0) is 14.3 Å². The Bertz CT molecular complexity index is 238. The van der Waals surface area contributed by atoms with Crippen LogP contribution in [0.25, 0.3) is 0 Å². The molecule has 1 aliphatic rings. The topological polar surface area (TPSA) is 75.6 Å². The van der Waals surface area contributed by atoms with Gasteiger partial charge in [0.2, 0.25) is 5.91 Å². The normalized spacial score (nSPS) is 17.9. The molecule has 0 aliphatic heterocycles. The smallest absolute Gasteiger partial charge is 0.332 e. The summed E-state index contributed by atoms with van der Waals surface area (Å²) in [5.74, 6) is -0.755. The molecule has 5 heteroatoms. The van der Waals surface area contributed by atoms with Gasteiger partial charge in [-0.1, -0.05) is 6.42 Å². The minimum absolute atomic E-state index is 0.0628. The number of hydrogen-bond acceptors (Lipinski definition) is 3. The van der Waals surface area contributed by atoms with Crippen molar-refractivity contribution in [2.75, 3.05) is 13.2 Å². The summed E-state index contributed by atoms with van der Waals surface area (Å²) >= 11 is 0. The van der Waals surface area contributed by atoms with Gasteiger partial charge in [-0.05, 0) is 19.8 Å². The first-order valence-corrected chi connectivity index (χ1v) is 5.23. The van der Waals surface area contributed by atoms with Crippen molar-refractivity contribution in [3.05, 3.63) is 0 Å². The van der Waals surface area contributed by atoms with Crippen molar-refractivity contribution in [3.8, 4) is 0 Å². The highest BCUT2D eigenvalue weighted by Crippen LogP contribution is 2.25. The molecule has 0 heterocycles. The lowest BCUT2D eigenvalue weighted by Crippen LogP contribution is -2.37. The molecule has 86 valence electrons. The highest BCUT2D eigenvalue weighted by Gasteiger charge is 2.24. The molecule has 0 aromatic rings. The maximum Gasteiger partial charge on any atom is 0.332 e. The number of rotatable bonds is 6. The molecule has 0 spiro atoms. The number of hydrogen-bond donors (Lipinski definition) is 2. The van der Waals surface area contributed by atoms with Crippen LogP contribution in [0, 0.1) is 5.92 Å². The fourth-order valence-electron chi connectivity index (χ4n) is 1.30. The van der Waals surface area contributed by atoms with Gasteiger partial charge in [-0.25, -0.2) is 4.79 Å². The molecule has 1 unspecified atom stereocenters. The fourth-order valence-corrected chi connectivity index (χ4v) is 1.30. The summed E-state index contributed by atoms with van der Waals surface area (Å²) in [5.41, 5.74) is 0. The SMILES string of the molecule is CC(OCCNC(=O)C1CCC1)C(=O)O. The van der Waals surface area contributed by atoms with Gasteiger partial charge in [-0.15, -0.1) is 0 Å². The number of nitrogens with one attached hydrogen (secondary N) is 1. The number of carbonyl (C=O) groups excluding carboxylic acids is 1. The first-order valence-electron chi connectivity index (χ1n) is 5.23. The van der Waals surface area contributed by atoms with Crippen molar-refractivity contribution < 1.29 is 19.4 Å². The van der Waals surface area contributed by atoms with Crippen LogP contribution in [0.1, 0.15) is 26.2 Å². The molecule has 0 radical (unpaired) electrons. The zero-order valence-corrected chi connectivity index (χ0v) is 8.86. The summed E-state index contributed by atoms with van der Waals surface area (Å²) in [4.78, 5) is 21.7. The van der Waals surface area contributed by atoms with Gasteiger partial charge in [0.15, 0.2) is 6.10 Å². The zero-order chi connectivity index (χ0) is 11.3. The van der Waals surface area contributed by atoms with Crippen molar-refractivity contribution in [2.45, 2.75) is 32.3 Å². The van der Waals surface area contributed by atoms with Gasteiger partial charge in [0.05, 0.1) is 6.61 Å². The second-order valence-corrected chi connectivity index (χ2v) is 3.77. The molecular formula is C10H17NO4. The number of carboxylic acid groups (broad SMARTS) is 1. The van der Waals surface area contributed by atoms with Crippen LogP contribution in [0.3, 0.4) is 0 Å². The monoisotopic (exact) mass is 215 g/mol. The number of carboxylic acids is 1. The fraction of sp³-hybridized carbons (Fsp3) is 0.800. The first-order chi connectivity index (χ1) is 7.11. The summed E-state index contributed by atoms with van der Waals surface area (Å²) in [7, 11) is 0. The Morgan fingerprint density at radius 3 is 2.67 bits per heavy atom. The van der Waals surface area contributed by atoms with Gasteiger partial charge in [-0.3, -0.25) is 4.79 Å². The van der Waals surface area contributed by atoms with Gasteiger partial charge < -0.3 is 15.2 Å². The zero-order valence-electron chi connectivity index (χ0n) is 8.86. The standard InChI is InChI=1S/C10H17NO4/c1-7(10(13)14)15-6-5-11-9(12)8-3-2-4-8/h7-8H,2-6H2,1H3,(H,11,12)(H,13,14). The lowest BCUT2D eigenvalue weighted by atomic mass is 9.85. The molecule has 2 N–H and O–H groups in total. The van der Waals surface area contributed by atoms with Crippen LogP contribution < -0.4 is 5.32 Å². The Kier molecular flexibility index (Phi) is 4.55. The lowest BCUT2D eigenvalue weighted by Gasteiger charge is -2.24. The van der Waals surface area contributed by atoms with Gasteiger partial charge in [0.1, 0.15) is 0 Å². The molecule has 1 rings (SSSR count). The van der Waals surface area contributed by atoms with E-state index < -0.39 is 12.1 Å². The molecule has 1 saturated carbocycles. The minimum Gasteiger partial charge on any atom is -0.479 e. The van der Waals surface area contributed by atoms with E-state index in [1.807, 2.05) is 0 Å². The molecular weight excluding hydrogens is 198 g/mol. The molecule has 0 aromatic heterocycles. The maximum atomic E-state index is 11.3. The van der Waals surface area contributed by atoms with Crippen molar-refractivity contribution in [1.29, 1.82) is 0 Å². The predicted octanol–water partition coefficient (Wildman–Crippen LogP) is 0.392. The van der Waals surface area contributed by atoms with Crippen molar-refractivity contribution in [3.63, 3.8) is 0 Å². The van der Waals surface area contributed by atoms with Crippen LogP contribution in [-0.4, -0.2) is 36.2 Å². The van der Waals surface area contributed by atoms with Crippen LogP contribution in [0.5, 0.6) is 0 Å². The quantitative estimate of drug-likeness (QED) is 0.628. The highest BCUT2D eigenvalue weighted by molar-refractivity contribution is 5.79. The largest absolute Gasteiger partial charge is 0.479 e. The van der Waals surface area contributed by atoms with Crippen molar-refractivity contribution in [1.82, 2.24) is 5.32 Å². The van der Waals surface area contributed by atoms with Gasteiger partial charge in [-0.2, -0.15) is 0 Å². The third-order valence-corrected chi connectivity index (χ3v) is 2.59. The third-order valence-electron chi connectivity index (χ3n) is 2.59. The van der Waals surface area contributed by atoms with E-state index in [0.29, 0.717) is 6.54 Å². The predicted molar refractivity (Wildman–Crippen MR) is 53.4 cm³/mol.